The molecule has 0 bridgehead atoms. The highest BCUT2D eigenvalue weighted by molar-refractivity contribution is 7.09. The maximum Gasteiger partial charge on any atom is 0.148 e. The summed E-state index contributed by atoms with van der Waals surface area (Å²) in [5.41, 5.74) is 6.21. The van der Waals surface area contributed by atoms with E-state index in [9.17, 15) is 4.79 Å². The molecule has 88 valence electrons. The second-order valence-corrected chi connectivity index (χ2v) is 5.56. The highest BCUT2D eigenvalue weighted by Crippen LogP contribution is 2.29. The summed E-state index contributed by atoms with van der Waals surface area (Å²) in [6.07, 6.45) is 0.359. The Morgan fingerprint density at radius 1 is 1.81 bits per heavy atom. The van der Waals surface area contributed by atoms with Gasteiger partial charge in [0.2, 0.25) is 0 Å². The number of carbonyl (C=O) groups excluding carboxylic acids is 1. The number of nitrogens with zero attached hydrogens (tertiary/aromatic N) is 1. The van der Waals surface area contributed by atoms with Crippen molar-refractivity contribution in [3.05, 3.63) is 16.1 Å². The zero-order chi connectivity index (χ0) is 11.8. The fourth-order valence-corrected chi connectivity index (χ4v) is 2.44. The average molecular weight is 240 g/mol. The molecule has 0 aromatic carbocycles. The number of hydrogen-bond donors (Lipinski definition) is 1. The van der Waals surface area contributed by atoms with Gasteiger partial charge >= 0.3 is 0 Å². The van der Waals surface area contributed by atoms with E-state index in [1.807, 2.05) is 19.2 Å². The summed E-state index contributed by atoms with van der Waals surface area (Å²) in [4.78, 5) is 16.5. The van der Waals surface area contributed by atoms with Crippen molar-refractivity contribution in [3.8, 4) is 0 Å². The number of hydrogen-bond acceptors (Lipinski definition) is 5. The molecule has 0 spiro atoms. The predicted molar refractivity (Wildman–Crippen MR) is 62.5 cm³/mol. The first-order valence-corrected chi connectivity index (χ1v) is 6.18. The summed E-state index contributed by atoms with van der Waals surface area (Å²) >= 11 is 1.56. The zero-order valence-electron chi connectivity index (χ0n) is 9.53. The number of nitrogens with two attached hydrogens (primary N) is 1. The fourth-order valence-electron chi connectivity index (χ4n) is 1.83. The minimum absolute atomic E-state index is 0.128. The molecular weight excluding hydrogens is 224 g/mol. The third kappa shape index (κ3) is 2.03. The highest BCUT2D eigenvalue weighted by Gasteiger charge is 2.43. The first-order valence-electron chi connectivity index (χ1n) is 5.30. The van der Waals surface area contributed by atoms with Gasteiger partial charge in [-0.2, -0.15) is 0 Å². The van der Waals surface area contributed by atoms with Crippen LogP contribution in [0.15, 0.2) is 5.38 Å². The lowest BCUT2D eigenvalue weighted by Gasteiger charge is -2.24. The Kier molecular flexibility index (Phi) is 3.10. The van der Waals surface area contributed by atoms with Gasteiger partial charge in [-0.05, 0) is 13.8 Å². The molecular formula is C11H16N2O2S. The molecule has 1 saturated heterocycles. The summed E-state index contributed by atoms with van der Waals surface area (Å²) in [7, 11) is 0. The summed E-state index contributed by atoms with van der Waals surface area (Å²) in [6.45, 7) is 4.71. The molecule has 0 saturated carbocycles. The zero-order valence-corrected chi connectivity index (χ0v) is 10.3. The first kappa shape index (κ1) is 11.7. The smallest absolute Gasteiger partial charge is 0.148 e. The predicted octanol–water partition coefficient (Wildman–Crippen LogP) is 0.927. The first-order chi connectivity index (χ1) is 7.52. The number of ether oxygens (including phenoxy) is 1. The molecule has 1 aromatic rings. The van der Waals surface area contributed by atoms with Crippen LogP contribution in [0.4, 0.5) is 0 Å². The van der Waals surface area contributed by atoms with Crippen LogP contribution in [0.3, 0.4) is 0 Å². The van der Waals surface area contributed by atoms with Gasteiger partial charge in [-0.25, -0.2) is 4.98 Å². The Bertz CT molecular complexity index is 404. The van der Waals surface area contributed by atoms with Gasteiger partial charge in [-0.1, -0.05) is 0 Å². The lowest BCUT2D eigenvalue weighted by molar-refractivity contribution is -0.127. The van der Waals surface area contributed by atoms with Gasteiger partial charge in [0.25, 0.3) is 0 Å². The van der Waals surface area contributed by atoms with Gasteiger partial charge in [0.05, 0.1) is 35.8 Å². The molecule has 4 nitrogen and oxygen atoms in total. The van der Waals surface area contributed by atoms with E-state index < -0.39 is 5.41 Å². The van der Waals surface area contributed by atoms with E-state index >= 15 is 0 Å². The topological polar surface area (TPSA) is 65.2 Å². The average Bonchev–Trinajstić information content (AvgIpc) is 2.76. The number of ketones is 1. The molecule has 1 aliphatic rings. The quantitative estimate of drug-likeness (QED) is 0.853. The molecule has 2 rings (SSSR count). The van der Waals surface area contributed by atoms with Gasteiger partial charge in [-0.3, -0.25) is 4.79 Å². The van der Waals surface area contributed by atoms with Crippen LogP contribution in [-0.2, 0) is 16.0 Å². The fraction of sp³-hybridized carbons (Fsp3) is 0.636. The number of Topliss-reactive ketones (excluding diaryl/α,β-unsaturated/α-hetero) is 1. The molecule has 0 radical (unpaired) electrons. The molecule has 1 aliphatic heterocycles. The van der Waals surface area contributed by atoms with Gasteiger partial charge in [-0.15, -0.1) is 11.3 Å². The SMILES string of the molecule is Cc1nc(CC(=O)C2(C)COCC2N)cs1. The standard InChI is InChI=1S/C11H16N2O2S/c1-7-13-8(5-16-7)3-10(14)11(2)6-15-4-9(11)12/h5,9H,3-4,6,12H2,1-2H3. The van der Waals surface area contributed by atoms with Gasteiger partial charge in [0.1, 0.15) is 5.78 Å². The number of carbonyl (C=O) groups is 1. The van der Waals surface area contributed by atoms with Crippen molar-refractivity contribution in [3.63, 3.8) is 0 Å². The Morgan fingerprint density at radius 3 is 3.06 bits per heavy atom. The Balaban J connectivity index is 2.08. The van der Waals surface area contributed by atoms with Crippen LogP contribution < -0.4 is 5.73 Å². The molecule has 2 heterocycles. The largest absolute Gasteiger partial charge is 0.379 e. The molecule has 16 heavy (non-hydrogen) atoms. The van der Waals surface area contributed by atoms with Crippen LogP contribution >= 0.6 is 11.3 Å². The normalized spacial score (nSPS) is 29.6. The van der Waals surface area contributed by atoms with E-state index in [-0.39, 0.29) is 11.8 Å². The maximum atomic E-state index is 12.2. The monoisotopic (exact) mass is 240 g/mol. The Morgan fingerprint density at radius 2 is 2.56 bits per heavy atom. The van der Waals surface area contributed by atoms with Crippen LogP contribution in [-0.4, -0.2) is 30.0 Å². The van der Waals surface area contributed by atoms with Gasteiger partial charge in [0.15, 0.2) is 0 Å². The van der Waals surface area contributed by atoms with Crippen LogP contribution in [0.1, 0.15) is 17.6 Å². The number of aryl methyl sites for hydroxylation is 1. The van der Waals surface area contributed by atoms with Crippen LogP contribution in [0, 0.1) is 12.3 Å². The van der Waals surface area contributed by atoms with Gasteiger partial charge in [0, 0.05) is 11.4 Å². The Hall–Kier alpha value is -0.780. The lowest BCUT2D eigenvalue weighted by Crippen LogP contribution is -2.45. The van der Waals surface area contributed by atoms with Crippen LogP contribution in [0.2, 0.25) is 0 Å². The van der Waals surface area contributed by atoms with Crippen molar-refractivity contribution in [2.24, 2.45) is 11.1 Å². The van der Waals surface area contributed by atoms with Crippen molar-refractivity contribution in [1.82, 2.24) is 4.98 Å². The van der Waals surface area contributed by atoms with E-state index in [2.05, 4.69) is 4.98 Å². The molecule has 1 aromatic heterocycles. The van der Waals surface area contributed by atoms with E-state index in [1.54, 1.807) is 11.3 Å². The van der Waals surface area contributed by atoms with Crippen LogP contribution in [0.5, 0.6) is 0 Å². The minimum atomic E-state index is -0.544. The maximum absolute atomic E-state index is 12.2. The second-order valence-electron chi connectivity index (χ2n) is 4.50. The van der Waals surface area contributed by atoms with Crippen molar-refractivity contribution in [1.29, 1.82) is 0 Å². The van der Waals surface area contributed by atoms with Crippen molar-refractivity contribution >= 4 is 17.1 Å². The van der Waals surface area contributed by atoms with E-state index in [1.165, 1.54) is 0 Å². The number of thiazole rings is 1. The molecule has 0 aliphatic carbocycles. The van der Waals surface area contributed by atoms with Crippen molar-refractivity contribution in [2.45, 2.75) is 26.3 Å². The third-order valence-corrected chi connectivity index (χ3v) is 3.99. The number of aromatic nitrogens is 1. The summed E-state index contributed by atoms with van der Waals surface area (Å²) in [6, 6.07) is -0.195. The minimum Gasteiger partial charge on any atom is -0.379 e. The molecule has 0 amide bonds. The van der Waals surface area contributed by atoms with Gasteiger partial charge < -0.3 is 10.5 Å². The second kappa shape index (κ2) is 4.24. The van der Waals surface area contributed by atoms with E-state index in [0.717, 1.165) is 10.7 Å². The summed E-state index contributed by atoms with van der Waals surface area (Å²) in [5, 5.41) is 2.91. The van der Waals surface area contributed by atoms with Crippen molar-refractivity contribution in [2.75, 3.05) is 13.2 Å². The molecule has 2 atom stereocenters. The van der Waals surface area contributed by atoms with Crippen LogP contribution in [0.25, 0.3) is 0 Å². The Labute approximate surface area is 98.8 Å². The molecule has 1 fully saturated rings. The van der Waals surface area contributed by atoms with E-state index in [0.29, 0.717) is 19.6 Å². The molecule has 5 heteroatoms. The van der Waals surface area contributed by atoms with E-state index in [4.69, 9.17) is 10.5 Å². The summed E-state index contributed by atoms with van der Waals surface area (Å²) < 4.78 is 5.27. The third-order valence-electron chi connectivity index (χ3n) is 3.16. The van der Waals surface area contributed by atoms with Crippen molar-refractivity contribution < 1.29 is 9.53 Å². The number of rotatable bonds is 3. The summed E-state index contributed by atoms with van der Waals surface area (Å²) in [5.74, 6) is 0.128. The lowest BCUT2D eigenvalue weighted by atomic mass is 9.80. The molecule has 2 N–H and O–H groups in total. The highest BCUT2D eigenvalue weighted by atomic mass is 32.1. The molecule has 2 unspecified atom stereocenters.